The van der Waals surface area contributed by atoms with Gasteiger partial charge in [0.2, 0.25) is 0 Å². The maximum Gasteiger partial charge on any atom is 0.269 e. The molecule has 0 unspecified atom stereocenters. The molecule has 25 heavy (non-hydrogen) atoms. The monoisotopic (exact) mass is 339 g/mol. The molecular formula is C18H17N3O4. The van der Waals surface area contributed by atoms with E-state index < -0.39 is 11.0 Å². The Hall–Kier alpha value is -3.14. The van der Waals surface area contributed by atoms with Gasteiger partial charge in [-0.05, 0) is 23.1 Å². The second-order valence-corrected chi connectivity index (χ2v) is 7.02. The number of nitrogens with zero attached hydrogens (tertiary/aromatic N) is 2. The average Bonchev–Trinajstić information content (AvgIpc) is 2.53. The van der Waals surface area contributed by atoms with Crippen LogP contribution in [0.3, 0.4) is 0 Å². The van der Waals surface area contributed by atoms with E-state index in [1.165, 1.54) is 24.3 Å². The van der Waals surface area contributed by atoms with Crippen LogP contribution < -0.4 is 5.73 Å². The van der Waals surface area contributed by atoms with Gasteiger partial charge in [-0.15, -0.1) is 0 Å². The van der Waals surface area contributed by atoms with Gasteiger partial charge in [0.25, 0.3) is 5.69 Å². The van der Waals surface area contributed by atoms with E-state index in [2.05, 4.69) is 0 Å². The first-order valence-electron chi connectivity index (χ1n) is 7.81. The van der Waals surface area contributed by atoms with Gasteiger partial charge in [-0.1, -0.05) is 13.8 Å². The van der Waals surface area contributed by atoms with Crippen molar-refractivity contribution in [1.29, 1.82) is 5.26 Å². The molecule has 0 amide bonds. The molecular weight excluding hydrogens is 322 g/mol. The van der Waals surface area contributed by atoms with E-state index in [-0.39, 0.29) is 28.2 Å². The summed E-state index contributed by atoms with van der Waals surface area (Å²) in [7, 11) is 0. The summed E-state index contributed by atoms with van der Waals surface area (Å²) in [5.74, 6) is 0.361. The summed E-state index contributed by atoms with van der Waals surface area (Å²) >= 11 is 0. The fourth-order valence-electron chi connectivity index (χ4n) is 3.27. The van der Waals surface area contributed by atoms with Crippen molar-refractivity contribution in [3.05, 3.63) is 62.5 Å². The van der Waals surface area contributed by atoms with Gasteiger partial charge in [0.05, 0.1) is 21.8 Å². The Morgan fingerprint density at radius 3 is 2.52 bits per heavy atom. The molecule has 0 saturated heterocycles. The van der Waals surface area contributed by atoms with Crippen LogP contribution in [0.15, 0.2) is 46.9 Å². The van der Waals surface area contributed by atoms with Crippen molar-refractivity contribution in [1.82, 2.24) is 0 Å². The smallest absolute Gasteiger partial charge is 0.269 e. The van der Waals surface area contributed by atoms with Crippen LogP contribution in [0.2, 0.25) is 0 Å². The molecule has 7 heteroatoms. The Morgan fingerprint density at radius 2 is 1.96 bits per heavy atom. The number of carbonyl (C=O) groups is 1. The molecule has 3 rings (SSSR count). The molecule has 2 aliphatic rings. The lowest BCUT2D eigenvalue weighted by molar-refractivity contribution is -0.384. The van der Waals surface area contributed by atoms with Gasteiger partial charge in [0.1, 0.15) is 11.8 Å². The highest BCUT2D eigenvalue weighted by Gasteiger charge is 2.41. The number of non-ortho nitro benzene ring substituents is 1. The maximum absolute atomic E-state index is 12.4. The van der Waals surface area contributed by atoms with Crippen LogP contribution in [0.1, 0.15) is 38.4 Å². The molecule has 1 aromatic rings. The topological polar surface area (TPSA) is 119 Å². The van der Waals surface area contributed by atoms with E-state index in [4.69, 9.17) is 10.5 Å². The predicted molar refractivity (Wildman–Crippen MR) is 88.8 cm³/mol. The third kappa shape index (κ3) is 2.87. The number of hydrogen-bond donors (Lipinski definition) is 1. The van der Waals surface area contributed by atoms with E-state index in [0.717, 1.165) is 0 Å². The lowest BCUT2D eigenvalue weighted by atomic mass is 9.74. The van der Waals surface area contributed by atoms with Crippen molar-refractivity contribution in [2.75, 3.05) is 0 Å². The second-order valence-electron chi connectivity index (χ2n) is 7.02. The van der Waals surface area contributed by atoms with Gasteiger partial charge in [-0.2, -0.15) is 5.26 Å². The molecule has 1 aliphatic heterocycles. The Labute approximate surface area is 144 Å². The number of nitrogens with two attached hydrogens (primary N) is 1. The molecule has 7 nitrogen and oxygen atoms in total. The summed E-state index contributed by atoms with van der Waals surface area (Å²) in [6.07, 6.45) is 0.111. The van der Waals surface area contributed by atoms with Crippen molar-refractivity contribution in [2.24, 2.45) is 11.1 Å². The minimum absolute atomic E-state index is 0.0519. The molecule has 1 aromatic carbocycles. The molecule has 128 valence electrons. The van der Waals surface area contributed by atoms with Crippen LogP contribution in [-0.4, -0.2) is 10.7 Å². The zero-order valence-corrected chi connectivity index (χ0v) is 13.9. The Balaban J connectivity index is 2.05. The first-order chi connectivity index (χ1) is 11.7. The van der Waals surface area contributed by atoms with Crippen LogP contribution in [0.4, 0.5) is 5.69 Å². The van der Waals surface area contributed by atoms with E-state index in [9.17, 15) is 20.2 Å². The Kier molecular flexibility index (Phi) is 3.84. The molecule has 0 bridgehead atoms. The number of ether oxygens (including phenoxy) is 1. The number of nitriles is 1. The number of benzene rings is 1. The first kappa shape index (κ1) is 16.7. The normalized spacial score (nSPS) is 22.1. The summed E-state index contributed by atoms with van der Waals surface area (Å²) < 4.78 is 5.99. The van der Waals surface area contributed by atoms with Crippen LogP contribution in [0, 0.1) is 26.9 Å². The van der Waals surface area contributed by atoms with Gasteiger partial charge < -0.3 is 10.5 Å². The molecule has 0 radical (unpaired) electrons. The average molecular weight is 339 g/mol. The maximum atomic E-state index is 12.4. The van der Waals surface area contributed by atoms with E-state index >= 15 is 0 Å². The fourth-order valence-corrected chi connectivity index (χ4v) is 3.27. The zero-order valence-electron chi connectivity index (χ0n) is 13.9. The molecule has 0 saturated carbocycles. The number of Topliss-reactive ketones (excluding diaryl/α,β-unsaturated/α-hetero) is 1. The van der Waals surface area contributed by atoms with Crippen molar-refractivity contribution in [3.63, 3.8) is 0 Å². The SMILES string of the molecule is CC1(C)CC(=O)C2=C(C1)O[C@H](c1ccc([N+](=O)[O-])cc1)C(C#N)=C2N. The number of nitro benzene ring substituents is 1. The number of ketones is 1. The van der Waals surface area contributed by atoms with Gasteiger partial charge in [-0.3, -0.25) is 14.9 Å². The van der Waals surface area contributed by atoms with Crippen molar-refractivity contribution in [3.8, 4) is 6.07 Å². The molecule has 0 fully saturated rings. The number of hydrogen-bond acceptors (Lipinski definition) is 6. The Morgan fingerprint density at radius 1 is 1.32 bits per heavy atom. The molecule has 2 N–H and O–H groups in total. The highest BCUT2D eigenvalue weighted by molar-refractivity contribution is 6.01. The Bertz CT molecular complexity index is 873. The standard InChI is InChI=1S/C18H17N3O4/c1-18(2)7-13(22)15-14(8-18)25-17(12(9-19)16(15)20)10-3-5-11(6-4-10)21(23)24/h3-6,17H,7-8,20H2,1-2H3/t17-/m1/s1. The highest BCUT2D eigenvalue weighted by Crippen LogP contribution is 2.45. The van der Waals surface area contributed by atoms with Crippen LogP contribution in [-0.2, 0) is 9.53 Å². The van der Waals surface area contributed by atoms with Gasteiger partial charge >= 0.3 is 0 Å². The van der Waals surface area contributed by atoms with Crippen LogP contribution in [0.5, 0.6) is 0 Å². The number of allylic oxidation sites excluding steroid dienone is 2. The number of rotatable bonds is 2. The molecule has 1 aliphatic carbocycles. The minimum atomic E-state index is -0.772. The summed E-state index contributed by atoms with van der Waals surface area (Å²) in [4.78, 5) is 22.8. The van der Waals surface area contributed by atoms with Gasteiger partial charge in [-0.25, -0.2) is 0 Å². The lowest BCUT2D eigenvalue weighted by Crippen LogP contribution is -2.33. The van der Waals surface area contributed by atoms with Crippen molar-refractivity contribution in [2.45, 2.75) is 32.8 Å². The second kappa shape index (κ2) is 5.74. The van der Waals surface area contributed by atoms with Gasteiger partial charge in [0, 0.05) is 25.0 Å². The van der Waals surface area contributed by atoms with Crippen molar-refractivity contribution >= 4 is 11.5 Å². The summed E-state index contributed by atoms with van der Waals surface area (Å²) in [5, 5.41) is 20.3. The quantitative estimate of drug-likeness (QED) is 0.653. The minimum Gasteiger partial charge on any atom is -0.484 e. The van der Waals surface area contributed by atoms with E-state index in [0.29, 0.717) is 29.7 Å². The largest absolute Gasteiger partial charge is 0.484 e. The van der Waals surface area contributed by atoms with E-state index in [1.54, 1.807) is 0 Å². The molecule has 0 spiro atoms. The third-order valence-corrected chi connectivity index (χ3v) is 4.44. The van der Waals surface area contributed by atoms with E-state index in [1.807, 2.05) is 19.9 Å². The number of carbonyl (C=O) groups excluding carboxylic acids is 1. The fraction of sp³-hybridized carbons (Fsp3) is 0.333. The van der Waals surface area contributed by atoms with Gasteiger partial charge in [0.15, 0.2) is 11.9 Å². The highest BCUT2D eigenvalue weighted by atomic mass is 16.6. The summed E-state index contributed by atoms with van der Waals surface area (Å²) in [6.45, 7) is 3.94. The third-order valence-electron chi connectivity index (χ3n) is 4.44. The van der Waals surface area contributed by atoms with Crippen molar-refractivity contribution < 1.29 is 14.5 Å². The zero-order chi connectivity index (χ0) is 18.4. The van der Waals surface area contributed by atoms with Crippen LogP contribution >= 0.6 is 0 Å². The predicted octanol–water partition coefficient (Wildman–Crippen LogP) is 3.05. The summed E-state index contributed by atoms with van der Waals surface area (Å²) in [6, 6.07) is 7.80. The summed E-state index contributed by atoms with van der Waals surface area (Å²) in [5.41, 5.74) is 6.99. The number of nitro groups is 1. The molecule has 0 aromatic heterocycles. The molecule has 1 heterocycles. The lowest BCUT2D eigenvalue weighted by Gasteiger charge is -2.37. The van der Waals surface area contributed by atoms with Crippen LogP contribution in [0.25, 0.3) is 0 Å². The first-order valence-corrected chi connectivity index (χ1v) is 7.81. The molecule has 1 atom stereocenters.